The lowest BCUT2D eigenvalue weighted by Crippen LogP contribution is -2.36. The van der Waals surface area contributed by atoms with Crippen LogP contribution in [-0.4, -0.2) is 33.3 Å². The van der Waals surface area contributed by atoms with Gasteiger partial charge >= 0.3 is 0 Å². The van der Waals surface area contributed by atoms with E-state index in [1.165, 1.54) is 0 Å². The van der Waals surface area contributed by atoms with Crippen molar-refractivity contribution in [2.24, 2.45) is 4.99 Å². The topological polar surface area (TPSA) is 54.9 Å². The molecule has 7 heteroatoms. The first-order valence-electron chi connectivity index (χ1n) is 8.21. The fraction of sp³-hybridized carbons (Fsp3) is 0.316. The fourth-order valence-corrected chi connectivity index (χ4v) is 2.25. The van der Waals surface area contributed by atoms with Crippen molar-refractivity contribution in [1.82, 2.24) is 10.6 Å². The highest BCUT2D eigenvalue weighted by atomic mass is 19.1. The Morgan fingerprint density at radius 2 is 1.85 bits per heavy atom. The molecule has 0 saturated heterocycles. The van der Waals surface area contributed by atoms with Crippen molar-refractivity contribution in [2.75, 3.05) is 27.4 Å². The fourth-order valence-electron chi connectivity index (χ4n) is 2.25. The number of ether oxygens (including phenoxy) is 2. The average molecular weight is 363 g/mol. The molecule has 0 fully saturated rings. The molecule has 2 rings (SSSR count). The normalized spacial score (nSPS) is 11.3. The van der Waals surface area contributed by atoms with Crippen molar-refractivity contribution < 1.29 is 18.3 Å². The first-order chi connectivity index (χ1) is 12.6. The smallest absolute Gasteiger partial charge is 0.191 e. The molecule has 0 bridgehead atoms. The van der Waals surface area contributed by atoms with Gasteiger partial charge in [0.2, 0.25) is 0 Å². The molecule has 0 aliphatic heterocycles. The van der Waals surface area contributed by atoms with Crippen LogP contribution in [0, 0.1) is 11.6 Å². The Bertz CT molecular complexity index is 738. The monoisotopic (exact) mass is 363 g/mol. The summed E-state index contributed by atoms with van der Waals surface area (Å²) >= 11 is 0. The van der Waals surface area contributed by atoms with E-state index >= 15 is 0 Å². The molecule has 0 spiro atoms. The van der Waals surface area contributed by atoms with E-state index in [1.54, 1.807) is 14.2 Å². The van der Waals surface area contributed by atoms with Crippen LogP contribution >= 0.6 is 0 Å². The van der Waals surface area contributed by atoms with Crippen LogP contribution in [0.4, 0.5) is 8.78 Å². The Kier molecular flexibility index (Phi) is 7.82. The Balaban J connectivity index is 1.86. The van der Waals surface area contributed by atoms with E-state index in [1.807, 2.05) is 24.3 Å². The molecule has 2 aromatic carbocycles. The molecule has 0 aliphatic carbocycles. The summed E-state index contributed by atoms with van der Waals surface area (Å²) in [5.41, 5.74) is 1.24. The van der Waals surface area contributed by atoms with E-state index < -0.39 is 11.6 Å². The zero-order valence-electron chi connectivity index (χ0n) is 14.9. The van der Waals surface area contributed by atoms with E-state index in [9.17, 15) is 8.78 Å². The minimum absolute atomic E-state index is 0.128. The SMILES string of the molecule is CN=C(NCc1cccc(OCCOC)c1)NCc1cc(F)ccc1F. The maximum atomic E-state index is 13.7. The molecule has 2 N–H and O–H groups in total. The number of nitrogens with one attached hydrogen (secondary N) is 2. The molecule has 0 atom stereocenters. The summed E-state index contributed by atoms with van der Waals surface area (Å²) in [6.07, 6.45) is 0. The molecule has 0 heterocycles. The number of halogens is 2. The van der Waals surface area contributed by atoms with E-state index in [-0.39, 0.29) is 12.1 Å². The number of nitrogens with zero attached hydrogens (tertiary/aromatic N) is 1. The predicted octanol–water partition coefficient (Wildman–Crippen LogP) is 2.86. The number of benzene rings is 2. The highest BCUT2D eigenvalue weighted by molar-refractivity contribution is 5.79. The molecule has 0 radical (unpaired) electrons. The second-order valence-corrected chi connectivity index (χ2v) is 5.50. The summed E-state index contributed by atoms with van der Waals surface area (Å²) in [4.78, 5) is 4.08. The molecule has 2 aromatic rings. The average Bonchev–Trinajstić information content (AvgIpc) is 2.65. The van der Waals surface area contributed by atoms with Crippen molar-refractivity contribution in [2.45, 2.75) is 13.1 Å². The van der Waals surface area contributed by atoms with Gasteiger partial charge in [-0.25, -0.2) is 8.78 Å². The largest absolute Gasteiger partial charge is 0.491 e. The maximum Gasteiger partial charge on any atom is 0.191 e. The molecule has 140 valence electrons. The van der Waals surface area contributed by atoms with E-state index in [2.05, 4.69) is 15.6 Å². The van der Waals surface area contributed by atoms with Gasteiger partial charge in [0.15, 0.2) is 5.96 Å². The molecule has 0 aliphatic rings. The van der Waals surface area contributed by atoms with Gasteiger partial charge in [0.25, 0.3) is 0 Å². The van der Waals surface area contributed by atoms with Gasteiger partial charge in [0, 0.05) is 32.8 Å². The second kappa shape index (κ2) is 10.4. The number of methoxy groups -OCH3 is 1. The first kappa shape index (κ1) is 19.7. The van der Waals surface area contributed by atoms with Crippen LogP contribution < -0.4 is 15.4 Å². The minimum Gasteiger partial charge on any atom is -0.491 e. The van der Waals surface area contributed by atoms with Gasteiger partial charge in [0.05, 0.1) is 6.61 Å². The number of aliphatic imine (C=N–C) groups is 1. The third-order valence-electron chi connectivity index (χ3n) is 3.59. The van der Waals surface area contributed by atoms with Crippen LogP contribution in [0.2, 0.25) is 0 Å². The Morgan fingerprint density at radius 3 is 2.62 bits per heavy atom. The summed E-state index contributed by atoms with van der Waals surface area (Å²) in [7, 11) is 3.24. The summed E-state index contributed by atoms with van der Waals surface area (Å²) in [5.74, 6) is 0.303. The van der Waals surface area contributed by atoms with E-state index in [0.717, 1.165) is 29.5 Å². The van der Waals surface area contributed by atoms with Gasteiger partial charge in [0.1, 0.15) is 24.0 Å². The Hall–Kier alpha value is -2.67. The zero-order chi connectivity index (χ0) is 18.8. The molecule has 0 unspecified atom stereocenters. The first-order valence-corrected chi connectivity index (χ1v) is 8.21. The van der Waals surface area contributed by atoms with Crippen LogP contribution in [0.25, 0.3) is 0 Å². The van der Waals surface area contributed by atoms with Crippen molar-refractivity contribution >= 4 is 5.96 Å². The lowest BCUT2D eigenvalue weighted by molar-refractivity contribution is 0.146. The van der Waals surface area contributed by atoms with Crippen molar-refractivity contribution in [3.63, 3.8) is 0 Å². The molecule has 0 saturated carbocycles. The quantitative estimate of drug-likeness (QED) is 0.430. The van der Waals surface area contributed by atoms with Crippen LogP contribution in [0.5, 0.6) is 5.75 Å². The minimum atomic E-state index is -0.476. The van der Waals surface area contributed by atoms with Gasteiger partial charge in [-0.1, -0.05) is 12.1 Å². The Labute approximate surface area is 152 Å². The van der Waals surface area contributed by atoms with Crippen LogP contribution in [0.3, 0.4) is 0 Å². The molecular formula is C19H23F2N3O2. The van der Waals surface area contributed by atoms with Crippen LogP contribution in [-0.2, 0) is 17.8 Å². The summed E-state index contributed by atoms with van der Waals surface area (Å²) in [6, 6.07) is 11.0. The van der Waals surface area contributed by atoms with Crippen molar-refractivity contribution in [3.8, 4) is 5.75 Å². The van der Waals surface area contributed by atoms with Gasteiger partial charge in [-0.05, 0) is 35.9 Å². The van der Waals surface area contributed by atoms with Crippen molar-refractivity contribution in [1.29, 1.82) is 0 Å². The molecule has 0 amide bonds. The van der Waals surface area contributed by atoms with E-state index in [0.29, 0.717) is 25.7 Å². The number of rotatable bonds is 8. The lowest BCUT2D eigenvalue weighted by atomic mass is 10.2. The van der Waals surface area contributed by atoms with Gasteiger partial charge in [-0.2, -0.15) is 0 Å². The molecule has 0 aromatic heterocycles. The maximum absolute atomic E-state index is 13.7. The highest BCUT2D eigenvalue weighted by Gasteiger charge is 2.05. The third kappa shape index (κ3) is 6.33. The standard InChI is InChI=1S/C19H23F2N3O2/c1-22-19(24-13-15-11-16(20)6-7-18(15)21)23-12-14-4-3-5-17(10-14)26-9-8-25-2/h3-7,10-11H,8-9,12-13H2,1-2H3,(H2,22,23,24). The summed E-state index contributed by atoms with van der Waals surface area (Å²) in [6.45, 7) is 1.64. The number of hydrogen-bond acceptors (Lipinski definition) is 3. The summed E-state index contributed by atoms with van der Waals surface area (Å²) in [5, 5.41) is 6.09. The zero-order valence-corrected chi connectivity index (χ0v) is 14.9. The van der Waals surface area contributed by atoms with Gasteiger partial charge < -0.3 is 20.1 Å². The summed E-state index contributed by atoms with van der Waals surface area (Å²) < 4.78 is 37.4. The molecule has 26 heavy (non-hydrogen) atoms. The van der Waals surface area contributed by atoms with Gasteiger partial charge in [-0.3, -0.25) is 4.99 Å². The molecule has 5 nitrogen and oxygen atoms in total. The number of guanidine groups is 1. The molecular weight excluding hydrogens is 340 g/mol. The predicted molar refractivity (Wildman–Crippen MR) is 97.2 cm³/mol. The number of hydrogen-bond donors (Lipinski definition) is 2. The lowest BCUT2D eigenvalue weighted by Gasteiger charge is -2.13. The van der Waals surface area contributed by atoms with Crippen molar-refractivity contribution in [3.05, 3.63) is 65.2 Å². The van der Waals surface area contributed by atoms with Gasteiger partial charge in [-0.15, -0.1) is 0 Å². The second-order valence-electron chi connectivity index (χ2n) is 5.50. The third-order valence-corrected chi connectivity index (χ3v) is 3.59. The van der Waals surface area contributed by atoms with Crippen LogP contribution in [0.1, 0.15) is 11.1 Å². The highest BCUT2D eigenvalue weighted by Crippen LogP contribution is 2.13. The van der Waals surface area contributed by atoms with Crippen LogP contribution in [0.15, 0.2) is 47.5 Å². The Morgan fingerprint density at radius 1 is 1.04 bits per heavy atom. The van der Waals surface area contributed by atoms with E-state index in [4.69, 9.17) is 9.47 Å².